The van der Waals surface area contributed by atoms with E-state index in [-0.39, 0.29) is 6.04 Å². The first-order valence-corrected chi connectivity index (χ1v) is 7.90. The van der Waals surface area contributed by atoms with Gasteiger partial charge in [-0.2, -0.15) is 0 Å². The van der Waals surface area contributed by atoms with Gasteiger partial charge >= 0.3 is 5.97 Å². The van der Waals surface area contributed by atoms with Crippen molar-refractivity contribution >= 4 is 5.97 Å². The molecule has 4 heteroatoms. The average molecular weight is 289 g/mol. The second kappa shape index (κ2) is 6.16. The molecule has 1 aliphatic carbocycles. The Bertz CT molecular complexity index is 517. The summed E-state index contributed by atoms with van der Waals surface area (Å²) in [5.74, 6) is -0.777. The number of hydrogen-bond donors (Lipinski definition) is 2. The van der Waals surface area contributed by atoms with Gasteiger partial charge in [0.2, 0.25) is 0 Å². The van der Waals surface area contributed by atoms with Gasteiger partial charge in [0, 0.05) is 12.6 Å². The topological polar surface area (TPSA) is 60.8 Å². The van der Waals surface area contributed by atoms with Crippen molar-refractivity contribution in [2.24, 2.45) is 0 Å². The maximum atomic E-state index is 11.7. The van der Waals surface area contributed by atoms with Crippen molar-refractivity contribution in [2.45, 2.75) is 63.3 Å². The summed E-state index contributed by atoms with van der Waals surface area (Å²) in [5, 5.41) is 20.0. The zero-order valence-electron chi connectivity index (χ0n) is 12.2. The van der Waals surface area contributed by atoms with Gasteiger partial charge in [-0.05, 0) is 30.4 Å². The molecule has 3 unspecified atom stereocenters. The predicted molar refractivity (Wildman–Crippen MR) is 80.0 cm³/mol. The Morgan fingerprint density at radius 1 is 1.10 bits per heavy atom. The standard InChI is InChI=1S/C17H23NO3/c19-16-9-3-1-2-8-14(16)18-11-13-7-5-4-6-12(13)10-15(18)17(20)21/h4-7,14-16,19H,1-3,8-11H2,(H,20,21). The van der Waals surface area contributed by atoms with Crippen molar-refractivity contribution in [3.05, 3.63) is 35.4 Å². The van der Waals surface area contributed by atoms with Gasteiger partial charge in [0.05, 0.1) is 6.10 Å². The SMILES string of the molecule is O=C(O)C1Cc2ccccc2CN1C1CCCCCC1O. The van der Waals surface area contributed by atoms with E-state index < -0.39 is 18.1 Å². The van der Waals surface area contributed by atoms with E-state index in [1.807, 2.05) is 23.1 Å². The summed E-state index contributed by atoms with van der Waals surface area (Å²) in [6.45, 7) is 0.634. The third-order valence-corrected chi connectivity index (χ3v) is 4.94. The van der Waals surface area contributed by atoms with Gasteiger partial charge in [-0.1, -0.05) is 43.5 Å². The van der Waals surface area contributed by atoms with Crippen LogP contribution in [0.5, 0.6) is 0 Å². The lowest BCUT2D eigenvalue weighted by atomic mass is 9.90. The molecule has 0 spiro atoms. The monoisotopic (exact) mass is 289 g/mol. The lowest BCUT2D eigenvalue weighted by Gasteiger charge is -2.41. The number of rotatable bonds is 2. The highest BCUT2D eigenvalue weighted by Crippen LogP contribution is 2.31. The average Bonchev–Trinajstić information content (AvgIpc) is 2.70. The smallest absolute Gasteiger partial charge is 0.321 e. The van der Waals surface area contributed by atoms with Crippen LogP contribution in [0.2, 0.25) is 0 Å². The normalized spacial score (nSPS) is 30.4. The minimum absolute atomic E-state index is 0.0260. The second-order valence-electron chi connectivity index (χ2n) is 6.27. The van der Waals surface area contributed by atoms with Crippen LogP contribution in [-0.4, -0.2) is 39.3 Å². The second-order valence-corrected chi connectivity index (χ2v) is 6.27. The molecule has 21 heavy (non-hydrogen) atoms. The third-order valence-electron chi connectivity index (χ3n) is 4.94. The van der Waals surface area contributed by atoms with Gasteiger partial charge in [0.15, 0.2) is 0 Å². The Morgan fingerprint density at radius 2 is 1.81 bits per heavy atom. The van der Waals surface area contributed by atoms with Gasteiger partial charge in [-0.25, -0.2) is 0 Å². The summed E-state index contributed by atoms with van der Waals surface area (Å²) in [5.41, 5.74) is 2.33. The van der Waals surface area contributed by atoms with Gasteiger partial charge in [0.25, 0.3) is 0 Å². The van der Waals surface area contributed by atoms with Crippen molar-refractivity contribution < 1.29 is 15.0 Å². The molecule has 0 amide bonds. The fourth-order valence-electron chi connectivity index (χ4n) is 3.78. The number of aliphatic hydroxyl groups is 1. The first-order chi connectivity index (χ1) is 10.2. The van der Waals surface area contributed by atoms with E-state index in [2.05, 4.69) is 6.07 Å². The van der Waals surface area contributed by atoms with E-state index in [1.165, 1.54) is 5.56 Å². The molecule has 1 aromatic carbocycles. The molecule has 4 nitrogen and oxygen atoms in total. The number of benzene rings is 1. The highest BCUT2D eigenvalue weighted by molar-refractivity contribution is 5.74. The molecule has 1 saturated carbocycles. The van der Waals surface area contributed by atoms with Crippen LogP contribution in [-0.2, 0) is 17.8 Å². The lowest BCUT2D eigenvalue weighted by Crippen LogP contribution is -2.54. The highest BCUT2D eigenvalue weighted by atomic mass is 16.4. The maximum Gasteiger partial charge on any atom is 0.321 e. The zero-order chi connectivity index (χ0) is 14.8. The van der Waals surface area contributed by atoms with Crippen LogP contribution in [0.4, 0.5) is 0 Å². The van der Waals surface area contributed by atoms with Crippen molar-refractivity contribution in [3.63, 3.8) is 0 Å². The Kier molecular flexibility index (Phi) is 4.27. The number of aliphatic hydroxyl groups excluding tert-OH is 1. The number of carboxylic acid groups (broad SMARTS) is 1. The molecule has 2 aliphatic rings. The van der Waals surface area contributed by atoms with E-state index in [0.29, 0.717) is 13.0 Å². The van der Waals surface area contributed by atoms with E-state index in [4.69, 9.17) is 0 Å². The van der Waals surface area contributed by atoms with Crippen LogP contribution in [0.3, 0.4) is 0 Å². The molecule has 0 radical (unpaired) electrons. The number of fused-ring (bicyclic) bond motifs is 1. The van der Waals surface area contributed by atoms with Crippen LogP contribution in [0.15, 0.2) is 24.3 Å². The molecule has 1 aliphatic heterocycles. The maximum absolute atomic E-state index is 11.7. The Labute approximate surface area is 125 Å². The van der Waals surface area contributed by atoms with Crippen LogP contribution >= 0.6 is 0 Å². The molecule has 0 aromatic heterocycles. The van der Waals surface area contributed by atoms with Crippen LogP contribution in [0.25, 0.3) is 0 Å². The van der Waals surface area contributed by atoms with Gasteiger partial charge in [-0.15, -0.1) is 0 Å². The molecule has 1 heterocycles. The molecule has 3 atom stereocenters. The Balaban J connectivity index is 1.89. The molecule has 0 bridgehead atoms. The van der Waals surface area contributed by atoms with Crippen molar-refractivity contribution in [1.82, 2.24) is 4.90 Å². The van der Waals surface area contributed by atoms with Gasteiger partial charge in [0.1, 0.15) is 6.04 Å². The van der Waals surface area contributed by atoms with Crippen LogP contribution in [0.1, 0.15) is 43.2 Å². The summed E-state index contributed by atoms with van der Waals surface area (Å²) >= 11 is 0. The highest BCUT2D eigenvalue weighted by Gasteiger charge is 2.38. The van der Waals surface area contributed by atoms with E-state index in [0.717, 1.165) is 37.7 Å². The zero-order valence-corrected chi connectivity index (χ0v) is 12.2. The predicted octanol–water partition coefficient (Wildman–Crippen LogP) is 2.19. The lowest BCUT2D eigenvalue weighted by molar-refractivity contribution is -0.146. The number of carboxylic acids is 1. The molecule has 114 valence electrons. The van der Waals surface area contributed by atoms with E-state index in [9.17, 15) is 15.0 Å². The Morgan fingerprint density at radius 3 is 2.57 bits per heavy atom. The molecular weight excluding hydrogens is 266 g/mol. The largest absolute Gasteiger partial charge is 0.480 e. The number of nitrogens with zero attached hydrogens (tertiary/aromatic N) is 1. The molecule has 3 rings (SSSR count). The van der Waals surface area contributed by atoms with Crippen molar-refractivity contribution in [2.75, 3.05) is 0 Å². The van der Waals surface area contributed by atoms with E-state index >= 15 is 0 Å². The summed E-state index contributed by atoms with van der Waals surface area (Å²) in [6.07, 6.45) is 5.07. The molecule has 1 aromatic rings. The molecular formula is C17H23NO3. The summed E-state index contributed by atoms with van der Waals surface area (Å²) in [7, 11) is 0. The number of aliphatic carboxylic acids is 1. The van der Waals surface area contributed by atoms with Crippen LogP contribution < -0.4 is 0 Å². The van der Waals surface area contributed by atoms with Crippen molar-refractivity contribution in [1.29, 1.82) is 0 Å². The summed E-state index contributed by atoms with van der Waals surface area (Å²) in [4.78, 5) is 13.7. The van der Waals surface area contributed by atoms with Gasteiger partial charge < -0.3 is 10.2 Å². The third kappa shape index (κ3) is 2.97. The quantitative estimate of drug-likeness (QED) is 0.819. The fourth-order valence-corrected chi connectivity index (χ4v) is 3.78. The summed E-state index contributed by atoms with van der Waals surface area (Å²) in [6, 6.07) is 7.52. The van der Waals surface area contributed by atoms with Gasteiger partial charge in [-0.3, -0.25) is 9.69 Å². The number of hydrogen-bond acceptors (Lipinski definition) is 3. The molecule has 0 saturated heterocycles. The fraction of sp³-hybridized carbons (Fsp3) is 0.588. The first-order valence-electron chi connectivity index (χ1n) is 7.90. The molecule has 1 fully saturated rings. The van der Waals surface area contributed by atoms with E-state index in [1.54, 1.807) is 0 Å². The van der Waals surface area contributed by atoms with Crippen LogP contribution in [0, 0.1) is 0 Å². The number of carbonyl (C=O) groups is 1. The van der Waals surface area contributed by atoms with Crippen molar-refractivity contribution in [3.8, 4) is 0 Å². The molecule has 2 N–H and O–H groups in total. The Hall–Kier alpha value is -1.39. The minimum Gasteiger partial charge on any atom is -0.480 e. The minimum atomic E-state index is -0.777. The summed E-state index contributed by atoms with van der Waals surface area (Å²) < 4.78 is 0. The first kappa shape index (κ1) is 14.5.